The predicted molar refractivity (Wildman–Crippen MR) is 61.6 cm³/mol. The summed E-state index contributed by atoms with van der Waals surface area (Å²) in [6, 6.07) is 0. The third kappa shape index (κ3) is 13.3. The molecule has 16 heavy (non-hydrogen) atoms. The van der Waals surface area contributed by atoms with Gasteiger partial charge in [-0.05, 0) is 38.9 Å². The van der Waals surface area contributed by atoms with Gasteiger partial charge >= 0.3 is 0 Å². The Hall–Kier alpha value is -0.660. The molecule has 1 rings (SSSR count). The zero-order valence-electron chi connectivity index (χ0n) is 9.55. The maximum atomic E-state index is 10.4. The molecular weight excluding hydrogens is 232 g/mol. The summed E-state index contributed by atoms with van der Waals surface area (Å²) in [5.74, 6) is -0.177. The van der Waals surface area contributed by atoms with Crippen LogP contribution in [0.25, 0.3) is 0 Å². The summed E-state index contributed by atoms with van der Waals surface area (Å²) in [5.41, 5.74) is 5.02. The molecule has 0 aliphatic carbocycles. The Labute approximate surface area is 96.5 Å². The second-order valence-corrected chi connectivity index (χ2v) is 5.32. The summed E-state index contributed by atoms with van der Waals surface area (Å²) in [6.45, 7) is 3.46. The van der Waals surface area contributed by atoms with E-state index in [9.17, 15) is 13.2 Å². The molecule has 1 amide bonds. The lowest BCUT2D eigenvalue weighted by molar-refractivity contribution is -0.118. The van der Waals surface area contributed by atoms with E-state index in [0.717, 1.165) is 13.0 Å². The van der Waals surface area contributed by atoms with Gasteiger partial charge in [-0.2, -0.15) is 8.42 Å². The molecule has 7 heteroatoms. The van der Waals surface area contributed by atoms with Crippen LogP contribution in [0.1, 0.15) is 25.7 Å². The maximum Gasteiger partial charge on any atom is 0.261 e. The topological polar surface area (TPSA) is 101 Å². The number of carbonyl (C=O) groups excluding carboxylic acids is 1. The Balaban J connectivity index is 0.000000385. The van der Waals surface area contributed by atoms with Crippen LogP contribution in [0.5, 0.6) is 0 Å². The number of carbonyl (C=O) groups is 1. The number of amides is 1. The van der Waals surface area contributed by atoms with Crippen LogP contribution >= 0.6 is 0 Å². The van der Waals surface area contributed by atoms with E-state index in [1.165, 1.54) is 25.9 Å². The van der Waals surface area contributed by atoms with E-state index in [1.54, 1.807) is 0 Å². The highest BCUT2D eigenvalue weighted by molar-refractivity contribution is 7.85. The molecule has 1 fully saturated rings. The van der Waals surface area contributed by atoms with Crippen molar-refractivity contribution in [3.8, 4) is 0 Å². The van der Waals surface area contributed by atoms with E-state index in [4.69, 9.17) is 10.3 Å². The first kappa shape index (κ1) is 15.3. The number of nitrogens with two attached hydrogens (primary N) is 1. The van der Waals surface area contributed by atoms with Crippen LogP contribution in [0.2, 0.25) is 0 Å². The standard InChI is InChI=1S/C8H16N2O.CH4O3S/c9-8(11)4-3-7-10-5-1-2-6-10;1-5(2,3)4/h1-7H2,(H2,9,11);1H3,(H,2,3,4). The van der Waals surface area contributed by atoms with Crippen LogP contribution in [0.15, 0.2) is 0 Å². The van der Waals surface area contributed by atoms with E-state index < -0.39 is 10.1 Å². The van der Waals surface area contributed by atoms with Crippen molar-refractivity contribution in [3.63, 3.8) is 0 Å². The summed E-state index contributed by atoms with van der Waals surface area (Å²) in [7, 11) is -3.67. The molecule has 6 nitrogen and oxygen atoms in total. The molecule has 0 saturated carbocycles. The van der Waals surface area contributed by atoms with Crippen molar-refractivity contribution >= 4 is 16.0 Å². The van der Waals surface area contributed by atoms with Gasteiger partial charge in [0.15, 0.2) is 0 Å². The number of nitrogens with zero attached hydrogens (tertiary/aromatic N) is 1. The van der Waals surface area contributed by atoms with Gasteiger partial charge in [0.05, 0.1) is 6.26 Å². The van der Waals surface area contributed by atoms with Gasteiger partial charge in [-0.3, -0.25) is 9.35 Å². The molecule has 0 atom stereocenters. The fourth-order valence-corrected chi connectivity index (χ4v) is 1.48. The zero-order chi connectivity index (χ0) is 12.6. The lowest BCUT2D eigenvalue weighted by Crippen LogP contribution is -2.22. The second-order valence-electron chi connectivity index (χ2n) is 3.85. The second kappa shape index (κ2) is 7.59. The summed E-state index contributed by atoms with van der Waals surface area (Å²) in [5, 5.41) is 0. The van der Waals surface area contributed by atoms with E-state index in [2.05, 4.69) is 4.90 Å². The van der Waals surface area contributed by atoms with E-state index in [1.807, 2.05) is 0 Å². The quantitative estimate of drug-likeness (QED) is 0.678. The highest BCUT2D eigenvalue weighted by Gasteiger charge is 2.10. The first-order valence-corrected chi connectivity index (χ1v) is 7.07. The Morgan fingerprint density at radius 1 is 1.38 bits per heavy atom. The highest BCUT2D eigenvalue weighted by atomic mass is 32.2. The van der Waals surface area contributed by atoms with Crippen molar-refractivity contribution in [2.45, 2.75) is 25.7 Å². The van der Waals surface area contributed by atoms with Crippen molar-refractivity contribution in [3.05, 3.63) is 0 Å². The van der Waals surface area contributed by atoms with Crippen LogP contribution < -0.4 is 5.73 Å². The summed E-state index contributed by atoms with van der Waals surface area (Å²) >= 11 is 0. The van der Waals surface area contributed by atoms with Crippen molar-refractivity contribution in [1.82, 2.24) is 4.90 Å². The fraction of sp³-hybridized carbons (Fsp3) is 0.889. The largest absolute Gasteiger partial charge is 0.370 e. The number of likely N-dealkylation sites (tertiary alicyclic amines) is 1. The molecule has 1 heterocycles. The first-order valence-electron chi connectivity index (χ1n) is 5.22. The van der Waals surface area contributed by atoms with Gasteiger partial charge in [0, 0.05) is 6.42 Å². The van der Waals surface area contributed by atoms with Crippen molar-refractivity contribution < 1.29 is 17.8 Å². The minimum Gasteiger partial charge on any atom is -0.370 e. The molecule has 0 aromatic carbocycles. The molecule has 1 aliphatic rings. The van der Waals surface area contributed by atoms with Crippen LogP contribution in [-0.2, 0) is 14.9 Å². The number of rotatable bonds is 4. The van der Waals surface area contributed by atoms with E-state index in [-0.39, 0.29) is 5.91 Å². The molecule has 0 aromatic rings. The third-order valence-electron chi connectivity index (χ3n) is 2.10. The van der Waals surface area contributed by atoms with E-state index in [0.29, 0.717) is 12.7 Å². The predicted octanol–water partition coefficient (Wildman–Crippen LogP) is -0.148. The van der Waals surface area contributed by atoms with Crippen molar-refractivity contribution in [2.75, 3.05) is 25.9 Å². The molecule has 96 valence electrons. The summed E-state index contributed by atoms with van der Waals surface area (Å²) in [4.78, 5) is 12.8. The van der Waals surface area contributed by atoms with Gasteiger partial charge < -0.3 is 10.6 Å². The average Bonchev–Trinajstić information content (AvgIpc) is 2.52. The molecule has 1 aliphatic heterocycles. The number of hydrogen-bond acceptors (Lipinski definition) is 4. The first-order chi connectivity index (χ1) is 7.29. The highest BCUT2D eigenvalue weighted by Crippen LogP contribution is 2.07. The Kier molecular flexibility index (Phi) is 7.27. The van der Waals surface area contributed by atoms with Crippen molar-refractivity contribution in [2.24, 2.45) is 5.73 Å². The number of primary amides is 1. The zero-order valence-corrected chi connectivity index (χ0v) is 10.4. The summed E-state index contributed by atoms with van der Waals surface area (Å²) < 4.78 is 25.9. The van der Waals surface area contributed by atoms with Crippen LogP contribution in [0, 0.1) is 0 Å². The van der Waals surface area contributed by atoms with Gasteiger partial charge in [0.25, 0.3) is 10.1 Å². The molecule has 0 spiro atoms. The maximum absolute atomic E-state index is 10.4. The monoisotopic (exact) mass is 252 g/mol. The molecule has 0 unspecified atom stereocenters. The molecule has 3 N–H and O–H groups in total. The SMILES string of the molecule is CS(=O)(=O)O.NC(=O)CCCN1CCCC1. The van der Waals surface area contributed by atoms with Crippen LogP contribution in [-0.4, -0.2) is 49.7 Å². The lowest BCUT2D eigenvalue weighted by atomic mass is 10.3. The molecule has 0 aromatic heterocycles. The van der Waals surface area contributed by atoms with Gasteiger partial charge in [-0.25, -0.2) is 0 Å². The van der Waals surface area contributed by atoms with Gasteiger partial charge in [-0.1, -0.05) is 0 Å². The molecule has 1 saturated heterocycles. The van der Waals surface area contributed by atoms with Crippen LogP contribution in [0.4, 0.5) is 0 Å². The summed E-state index contributed by atoms with van der Waals surface area (Å²) in [6.07, 6.45) is 4.81. The minimum absolute atomic E-state index is 0.177. The minimum atomic E-state index is -3.67. The Morgan fingerprint density at radius 2 is 1.81 bits per heavy atom. The molecule has 0 bridgehead atoms. The number of hydrogen-bond donors (Lipinski definition) is 2. The molecule has 0 radical (unpaired) electrons. The van der Waals surface area contributed by atoms with Crippen LogP contribution in [0.3, 0.4) is 0 Å². The van der Waals surface area contributed by atoms with Gasteiger partial charge in [0.1, 0.15) is 0 Å². The van der Waals surface area contributed by atoms with Crippen molar-refractivity contribution in [1.29, 1.82) is 0 Å². The van der Waals surface area contributed by atoms with E-state index >= 15 is 0 Å². The van der Waals surface area contributed by atoms with Gasteiger partial charge in [-0.15, -0.1) is 0 Å². The average molecular weight is 252 g/mol. The Bertz CT molecular complexity index is 289. The third-order valence-corrected chi connectivity index (χ3v) is 2.10. The normalized spacial score (nSPS) is 16.6. The fourth-order valence-electron chi connectivity index (χ4n) is 1.48. The lowest BCUT2D eigenvalue weighted by Gasteiger charge is -2.12. The molecular formula is C9H20N2O4S. The smallest absolute Gasteiger partial charge is 0.261 e. The Morgan fingerprint density at radius 3 is 2.19 bits per heavy atom. The van der Waals surface area contributed by atoms with Gasteiger partial charge in [0.2, 0.25) is 5.91 Å².